The summed E-state index contributed by atoms with van der Waals surface area (Å²) in [6.45, 7) is 14.5. The fourth-order valence-electron chi connectivity index (χ4n) is 8.39. The molecule has 1 aromatic rings. The van der Waals surface area contributed by atoms with E-state index in [2.05, 4.69) is 28.0 Å². The van der Waals surface area contributed by atoms with Crippen LogP contribution in [0.15, 0.2) is 30.9 Å². The van der Waals surface area contributed by atoms with Gasteiger partial charge in [0.2, 0.25) is 11.8 Å². The molecule has 16 heteroatoms. The van der Waals surface area contributed by atoms with Crippen molar-refractivity contribution in [3.05, 3.63) is 47.5 Å². The molecule has 56 heavy (non-hydrogen) atoms. The fourth-order valence-corrected chi connectivity index (χ4v) is 9.67. The summed E-state index contributed by atoms with van der Waals surface area (Å²) in [5, 5.41) is 5.53. The SMILES string of the molecule is C=C[C@H]1C[C@]1(NC(=O)[C@@H]1C[C@@H]2CN1C(=O)[C@H](C(C)(C)C)NC(=O)OCC(C)(C)CCCCc1cccc3c1CN(C3)C(=O)O2)C(=O)NS(=O)(=O)N1CCCCC1. The molecule has 5 amide bonds. The van der Waals surface area contributed by atoms with Crippen molar-refractivity contribution in [3.8, 4) is 0 Å². The van der Waals surface area contributed by atoms with Gasteiger partial charge in [-0.3, -0.25) is 19.3 Å². The van der Waals surface area contributed by atoms with Crippen molar-refractivity contribution < 1.29 is 41.9 Å². The van der Waals surface area contributed by atoms with Crippen LogP contribution < -0.4 is 15.4 Å². The molecular formula is C40H58N6O9S. The zero-order valence-electron chi connectivity index (χ0n) is 33.4. The Balaban J connectivity index is 1.27. The van der Waals surface area contributed by atoms with Crippen molar-refractivity contribution in [1.82, 2.24) is 29.5 Å². The van der Waals surface area contributed by atoms with Crippen LogP contribution in [0.5, 0.6) is 0 Å². The lowest BCUT2D eigenvalue weighted by atomic mass is 9.85. The minimum Gasteiger partial charge on any atom is -0.449 e. The number of nitrogens with one attached hydrogen (secondary N) is 3. The number of hydrogen-bond donors (Lipinski definition) is 3. The van der Waals surface area contributed by atoms with Gasteiger partial charge < -0.3 is 25.0 Å². The number of cyclic esters (lactones) is 1. The summed E-state index contributed by atoms with van der Waals surface area (Å²) >= 11 is 0. The molecule has 1 saturated carbocycles. The van der Waals surface area contributed by atoms with Gasteiger partial charge in [-0.25, -0.2) is 14.3 Å². The summed E-state index contributed by atoms with van der Waals surface area (Å²) in [7, 11) is -4.17. The fraction of sp³-hybridized carbons (Fsp3) is 0.675. The first-order valence-electron chi connectivity index (χ1n) is 19.9. The number of hydrogen-bond acceptors (Lipinski definition) is 9. The molecule has 308 valence electrons. The van der Waals surface area contributed by atoms with E-state index in [1.165, 1.54) is 20.8 Å². The second-order valence-electron chi connectivity index (χ2n) is 18.0. The van der Waals surface area contributed by atoms with Crippen LogP contribution in [0.1, 0.15) is 103 Å². The van der Waals surface area contributed by atoms with Gasteiger partial charge in [-0.2, -0.15) is 12.7 Å². The topological polar surface area (TPSA) is 184 Å². The lowest BCUT2D eigenvalue weighted by Gasteiger charge is -2.35. The van der Waals surface area contributed by atoms with Gasteiger partial charge in [-0.1, -0.05) is 71.7 Å². The number of benzene rings is 1. The largest absolute Gasteiger partial charge is 0.449 e. The molecule has 4 aliphatic heterocycles. The third-order valence-electron chi connectivity index (χ3n) is 11.9. The van der Waals surface area contributed by atoms with Crippen LogP contribution in [-0.2, 0) is 53.6 Å². The number of piperidine rings is 1. The third-order valence-corrected chi connectivity index (χ3v) is 13.4. The molecule has 2 saturated heterocycles. The number of carbonyl (C=O) groups excluding carboxylic acids is 5. The van der Waals surface area contributed by atoms with Crippen LogP contribution in [0.3, 0.4) is 0 Å². The standard InChI is InChI=1S/C40H58N6O9S/c1-7-28-21-40(28,35(49)43-56(52,53)45-18-11-8-12-19-45)42-33(47)31-20-29-23-46(31)34(48)32(38(2,3)4)41-36(50)54-25-39(5,6)17-10-9-14-26-15-13-16-27-22-44(24-30(26)27)37(51)55-29/h7,13,15-16,28-29,31-32H,1,8-12,14,17-25H2,2-6H3,(H,41,50)(H,42,47)(H,43,49)/t28-,29+,31-,32+,40+/m0/s1. The smallest absolute Gasteiger partial charge is 0.410 e. The van der Waals surface area contributed by atoms with E-state index in [0.717, 1.165) is 43.2 Å². The van der Waals surface area contributed by atoms with Crippen molar-refractivity contribution in [2.24, 2.45) is 16.7 Å². The Kier molecular flexibility index (Phi) is 11.8. The van der Waals surface area contributed by atoms with Gasteiger partial charge in [-0.15, -0.1) is 6.58 Å². The number of carbonyl (C=O) groups is 5. The highest BCUT2D eigenvalue weighted by molar-refractivity contribution is 7.87. The van der Waals surface area contributed by atoms with E-state index in [1.807, 2.05) is 26.0 Å². The van der Waals surface area contributed by atoms with Gasteiger partial charge in [0.25, 0.3) is 5.91 Å². The van der Waals surface area contributed by atoms with Gasteiger partial charge in [0, 0.05) is 38.5 Å². The van der Waals surface area contributed by atoms with Crippen molar-refractivity contribution in [3.63, 3.8) is 0 Å². The summed E-state index contributed by atoms with van der Waals surface area (Å²) in [6, 6.07) is 3.71. The van der Waals surface area contributed by atoms with E-state index in [4.69, 9.17) is 9.47 Å². The Morgan fingerprint density at radius 1 is 1.02 bits per heavy atom. The number of ether oxygens (including phenoxy) is 2. The number of rotatable bonds is 6. The van der Waals surface area contributed by atoms with Crippen molar-refractivity contribution in [2.75, 3.05) is 26.2 Å². The second kappa shape index (κ2) is 16.0. The lowest BCUT2D eigenvalue weighted by molar-refractivity contribution is -0.143. The van der Waals surface area contributed by atoms with Crippen LogP contribution >= 0.6 is 0 Å². The van der Waals surface area contributed by atoms with Gasteiger partial charge in [0.15, 0.2) is 0 Å². The molecule has 0 spiro atoms. The number of alkyl carbamates (subject to hydrolysis) is 1. The highest BCUT2D eigenvalue weighted by Crippen LogP contribution is 2.45. The third kappa shape index (κ3) is 9.01. The van der Waals surface area contributed by atoms with Crippen LogP contribution in [0, 0.1) is 16.7 Å². The molecule has 4 bridgehead atoms. The van der Waals surface area contributed by atoms with Gasteiger partial charge in [-0.05, 0) is 66.0 Å². The van der Waals surface area contributed by atoms with E-state index in [0.29, 0.717) is 25.9 Å². The number of amides is 5. The van der Waals surface area contributed by atoms with Crippen LogP contribution in [0.2, 0.25) is 0 Å². The first-order chi connectivity index (χ1) is 26.3. The van der Waals surface area contributed by atoms with E-state index in [9.17, 15) is 32.4 Å². The quantitative estimate of drug-likeness (QED) is 0.360. The molecule has 3 fully saturated rings. The second-order valence-corrected chi connectivity index (χ2v) is 19.6. The minimum atomic E-state index is -4.17. The predicted octanol–water partition coefficient (Wildman–Crippen LogP) is 3.91. The Morgan fingerprint density at radius 3 is 2.41 bits per heavy atom. The Hall–Kier alpha value is -4.18. The molecule has 0 radical (unpaired) electrons. The maximum Gasteiger partial charge on any atom is 0.410 e. The van der Waals surface area contributed by atoms with E-state index in [1.54, 1.807) is 25.7 Å². The summed E-state index contributed by atoms with van der Waals surface area (Å²) in [5.41, 5.74) is 0.523. The predicted molar refractivity (Wildman–Crippen MR) is 207 cm³/mol. The molecule has 5 atom stereocenters. The molecule has 0 aromatic heterocycles. The first-order valence-corrected chi connectivity index (χ1v) is 21.3. The van der Waals surface area contributed by atoms with Gasteiger partial charge >= 0.3 is 22.4 Å². The van der Waals surface area contributed by atoms with Crippen molar-refractivity contribution in [1.29, 1.82) is 0 Å². The van der Waals surface area contributed by atoms with Crippen molar-refractivity contribution in [2.45, 2.75) is 129 Å². The first kappa shape index (κ1) is 41.5. The van der Waals surface area contributed by atoms with E-state index >= 15 is 0 Å². The Morgan fingerprint density at radius 2 is 1.73 bits per heavy atom. The normalized spacial score (nSPS) is 29.1. The summed E-state index contributed by atoms with van der Waals surface area (Å²) < 4.78 is 41.5. The number of fused-ring (bicyclic) bond motifs is 3. The Bertz CT molecular complexity index is 1840. The number of aryl methyl sites for hydroxylation is 1. The van der Waals surface area contributed by atoms with Crippen LogP contribution in [-0.4, -0.2) is 102 Å². The van der Waals surface area contributed by atoms with Crippen molar-refractivity contribution >= 4 is 40.1 Å². The summed E-state index contributed by atoms with van der Waals surface area (Å²) in [5.74, 6) is -2.78. The van der Waals surface area contributed by atoms with Crippen LogP contribution in [0.25, 0.3) is 0 Å². The van der Waals surface area contributed by atoms with Crippen LogP contribution in [0.4, 0.5) is 9.59 Å². The molecule has 6 rings (SSSR count). The molecule has 4 heterocycles. The average Bonchev–Trinajstić information content (AvgIpc) is 3.44. The van der Waals surface area contributed by atoms with E-state index < -0.39 is 75.2 Å². The minimum absolute atomic E-state index is 0.0899. The highest BCUT2D eigenvalue weighted by Gasteiger charge is 2.62. The molecule has 0 unspecified atom stereocenters. The maximum atomic E-state index is 14.6. The maximum absolute atomic E-state index is 14.6. The molecule has 1 aromatic carbocycles. The monoisotopic (exact) mass is 798 g/mol. The molecule has 3 N–H and O–H groups in total. The zero-order valence-corrected chi connectivity index (χ0v) is 34.2. The average molecular weight is 799 g/mol. The Labute approximate surface area is 330 Å². The van der Waals surface area contributed by atoms with E-state index in [-0.39, 0.29) is 44.5 Å². The zero-order chi connectivity index (χ0) is 40.6. The molecule has 1 aliphatic carbocycles. The molecule has 15 nitrogen and oxygen atoms in total. The highest BCUT2D eigenvalue weighted by atomic mass is 32.2. The summed E-state index contributed by atoms with van der Waals surface area (Å²) in [4.78, 5) is 72.6. The lowest BCUT2D eigenvalue weighted by Crippen LogP contribution is -2.60. The van der Waals surface area contributed by atoms with Gasteiger partial charge in [0.1, 0.15) is 23.7 Å². The molecular weight excluding hydrogens is 741 g/mol. The van der Waals surface area contributed by atoms with Gasteiger partial charge in [0.05, 0.1) is 13.2 Å². The summed E-state index contributed by atoms with van der Waals surface area (Å²) in [6.07, 6.45) is 4.96. The number of nitrogens with zero attached hydrogens (tertiary/aromatic N) is 3. The molecule has 5 aliphatic rings.